The molecule has 1 amide bonds. The molecule has 0 atom stereocenters. The predicted molar refractivity (Wildman–Crippen MR) is 105 cm³/mol. The fourth-order valence-corrected chi connectivity index (χ4v) is 2.56. The Morgan fingerprint density at radius 2 is 1.96 bits per heavy atom. The van der Waals surface area contributed by atoms with E-state index in [-0.39, 0.29) is 17.5 Å². The lowest BCUT2D eigenvalue weighted by Crippen LogP contribution is -2.21. The number of benzene rings is 2. The van der Waals surface area contributed by atoms with E-state index in [1.807, 2.05) is 12.1 Å². The number of amides is 1. The van der Waals surface area contributed by atoms with Gasteiger partial charge in [-0.1, -0.05) is 43.9 Å². The van der Waals surface area contributed by atoms with Gasteiger partial charge in [0.05, 0.1) is 18.2 Å². The number of unbranched alkanes of at least 4 members (excludes halogenated alkanes) is 3. The summed E-state index contributed by atoms with van der Waals surface area (Å²) in [7, 11) is 0. The Morgan fingerprint density at radius 1 is 1.12 bits per heavy atom. The Morgan fingerprint density at radius 3 is 2.73 bits per heavy atom. The van der Waals surface area contributed by atoms with E-state index < -0.39 is 5.82 Å². The van der Waals surface area contributed by atoms with Crippen LogP contribution in [0.15, 0.2) is 42.5 Å². The second-order valence-corrected chi connectivity index (χ2v) is 6.37. The first-order valence-corrected chi connectivity index (χ1v) is 9.18. The van der Waals surface area contributed by atoms with Crippen molar-refractivity contribution in [1.29, 1.82) is 0 Å². The van der Waals surface area contributed by atoms with Crippen LogP contribution in [0, 0.1) is 5.82 Å². The van der Waals surface area contributed by atoms with Gasteiger partial charge >= 0.3 is 0 Å². The molecule has 0 spiro atoms. The highest BCUT2D eigenvalue weighted by Gasteiger charge is 2.05. The van der Waals surface area contributed by atoms with Gasteiger partial charge < -0.3 is 15.4 Å². The number of hydrogen-bond acceptors (Lipinski definition) is 3. The molecule has 140 valence electrons. The molecule has 0 heterocycles. The van der Waals surface area contributed by atoms with Gasteiger partial charge in [0.1, 0.15) is 11.6 Å². The van der Waals surface area contributed by atoms with Crippen LogP contribution in [0.1, 0.15) is 32.6 Å². The van der Waals surface area contributed by atoms with Crippen LogP contribution in [-0.4, -0.2) is 19.1 Å². The molecule has 0 saturated heterocycles. The number of anilines is 2. The summed E-state index contributed by atoms with van der Waals surface area (Å²) < 4.78 is 18.8. The van der Waals surface area contributed by atoms with Crippen LogP contribution in [0.4, 0.5) is 15.8 Å². The monoisotopic (exact) mass is 378 g/mol. The highest BCUT2D eigenvalue weighted by atomic mass is 35.5. The van der Waals surface area contributed by atoms with Crippen molar-refractivity contribution in [2.45, 2.75) is 32.6 Å². The maximum atomic E-state index is 13.1. The van der Waals surface area contributed by atoms with Crippen molar-refractivity contribution in [2.24, 2.45) is 0 Å². The predicted octanol–water partition coefficient (Wildman–Crippen LogP) is 5.49. The van der Waals surface area contributed by atoms with E-state index in [0.717, 1.165) is 18.6 Å². The quantitative estimate of drug-likeness (QED) is 0.537. The van der Waals surface area contributed by atoms with Gasteiger partial charge in [0.2, 0.25) is 5.91 Å². The van der Waals surface area contributed by atoms with Crippen LogP contribution in [0.2, 0.25) is 5.02 Å². The summed E-state index contributed by atoms with van der Waals surface area (Å²) in [6.45, 7) is 2.89. The number of ether oxygens (including phenoxy) is 1. The van der Waals surface area contributed by atoms with E-state index in [4.69, 9.17) is 16.3 Å². The molecule has 0 aliphatic rings. The Hall–Kier alpha value is -2.27. The minimum absolute atomic E-state index is 0.0131. The van der Waals surface area contributed by atoms with Crippen molar-refractivity contribution < 1.29 is 13.9 Å². The Labute approximate surface area is 158 Å². The number of carbonyl (C=O) groups excluding carboxylic acids is 1. The number of halogens is 2. The van der Waals surface area contributed by atoms with Crippen LogP contribution in [-0.2, 0) is 4.79 Å². The third kappa shape index (κ3) is 6.92. The van der Waals surface area contributed by atoms with E-state index in [2.05, 4.69) is 17.6 Å². The van der Waals surface area contributed by atoms with Gasteiger partial charge in [-0.3, -0.25) is 4.79 Å². The van der Waals surface area contributed by atoms with E-state index in [0.29, 0.717) is 18.0 Å². The first-order valence-electron chi connectivity index (χ1n) is 8.80. The van der Waals surface area contributed by atoms with Crippen molar-refractivity contribution in [2.75, 3.05) is 23.8 Å². The minimum atomic E-state index is -0.492. The second-order valence-electron chi connectivity index (χ2n) is 5.97. The third-order valence-corrected chi connectivity index (χ3v) is 4.05. The molecule has 0 fully saturated rings. The zero-order chi connectivity index (χ0) is 18.8. The highest BCUT2D eigenvalue weighted by molar-refractivity contribution is 6.31. The fraction of sp³-hybridized carbons (Fsp3) is 0.350. The van der Waals surface area contributed by atoms with E-state index in [1.165, 1.54) is 31.0 Å². The first kappa shape index (κ1) is 20.0. The normalized spacial score (nSPS) is 10.4. The smallest absolute Gasteiger partial charge is 0.243 e. The van der Waals surface area contributed by atoms with Gasteiger partial charge in [0.25, 0.3) is 0 Å². The van der Waals surface area contributed by atoms with Gasteiger partial charge in [-0.25, -0.2) is 4.39 Å². The molecule has 0 aliphatic heterocycles. The van der Waals surface area contributed by atoms with Crippen molar-refractivity contribution in [1.82, 2.24) is 0 Å². The van der Waals surface area contributed by atoms with Crippen LogP contribution in [0.25, 0.3) is 0 Å². The molecule has 0 aromatic heterocycles. The molecule has 0 radical (unpaired) electrons. The summed E-state index contributed by atoms with van der Waals surface area (Å²) in [4.78, 5) is 12.1. The Balaban J connectivity index is 1.79. The van der Waals surface area contributed by atoms with Crippen molar-refractivity contribution >= 4 is 28.9 Å². The van der Waals surface area contributed by atoms with Crippen molar-refractivity contribution in [3.8, 4) is 5.75 Å². The molecule has 2 N–H and O–H groups in total. The second kappa shape index (κ2) is 10.7. The molecule has 4 nitrogen and oxygen atoms in total. The number of rotatable bonds is 10. The van der Waals surface area contributed by atoms with Crippen LogP contribution < -0.4 is 15.4 Å². The maximum absolute atomic E-state index is 13.1. The van der Waals surface area contributed by atoms with Gasteiger partial charge in [0, 0.05) is 17.4 Å². The Bertz CT molecular complexity index is 725. The fourth-order valence-electron chi connectivity index (χ4n) is 2.38. The molecule has 2 aromatic carbocycles. The third-order valence-electron chi connectivity index (χ3n) is 3.76. The van der Waals surface area contributed by atoms with Crippen molar-refractivity contribution in [3.05, 3.63) is 53.3 Å². The number of hydrogen-bond donors (Lipinski definition) is 2. The lowest BCUT2D eigenvalue weighted by atomic mass is 10.2. The number of nitrogens with one attached hydrogen (secondary N) is 2. The maximum Gasteiger partial charge on any atom is 0.243 e. The molecule has 0 saturated carbocycles. The van der Waals surface area contributed by atoms with E-state index in [9.17, 15) is 9.18 Å². The Kier molecular flexibility index (Phi) is 8.22. The van der Waals surface area contributed by atoms with Gasteiger partial charge in [-0.2, -0.15) is 0 Å². The lowest BCUT2D eigenvalue weighted by Gasteiger charge is -2.10. The van der Waals surface area contributed by atoms with Gasteiger partial charge in [-0.05, 0) is 36.8 Å². The summed E-state index contributed by atoms with van der Waals surface area (Å²) in [5.74, 6) is 0.0243. The van der Waals surface area contributed by atoms with E-state index in [1.54, 1.807) is 12.1 Å². The van der Waals surface area contributed by atoms with E-state index >= 15 is 0 Å². The zero-order valence-electron chi connectivity index (χ0n) is 14.9. The van der Waals surface area contributed by atoms with Crippen LogP contribution in [0.3, 0.4) is 0 Å². The molecule has 2 aromatic rings. The summed E-state index contributed by atoms with van der Waals surface area (Å²) in [6.07, 6.45) is 4.59. The lowest BCUT2D eigenvalue weighted by molar-refractivity contribution is -0.114. The van der Waals surface area contributed by atoms with Crippen LogP contribution >= 0.6 is 11.6 Å². The number of carbonyl (C=O) groups is 1. The SMILES string of the molecule is CCCCCCOc1cccc(NC(=O)CNc2ccc(F)c(Cl)c2)c1. The average Bonchev–Trinajstić information content (AvgIpc) is 2.63. The molecule has 2 rings (SSSR count). The molecule has 0 bridgehead atoms. The molecule has 6 heteroatoms. The minimum Gasteiger partial charge on any atom is -0.494 e. The molecular weight excluding hydrogens is 355 g/mol. The molecule has 26 heavy (non-hydrogen) atoms. The van der Waals surface area contributed by atoms with Crippen molar-refractivity contribution in [3.63, 3.8) is 0 Å². The summed E-state index contributed by atoms with van der Waals surface area (Å²) in [5, 5.41) is 5.72. The molecule has 0 aliphatic carbocycles. The highest BCUT2D eigenvalue weighted by Crippen LogP contribution is 2.20. The van der Waals surface area contributed by atoms with Gasteiger partial charge in [0.15, 0.2) is 0 Å². The first-order chi connectivity index (χ1) is 12.6. The topological polar surface area (TPSA) is 50.4 Å². The van der Waals surface area contributed by atoms with Crippen LogP contribution in [0.5, 0.6) is 5.75 Å². The standard InChI is InChI=1S/C20H24ClFN2O2/c1-2-3-4-5-11-26-17-8-6-7-16(12-17)24-20(25)14-23-15-9-10-19(22)18(21)13-15/h6-10,12-13,23H,2-5,11,14H2,1H3,(H,24,25). The molecule has 0 unspecified atom stereocenters. The van der Waals surface area contributed by atoms with Gasteiger partial charge in [-0.15, -0.1) is 0 Å². The summed E-state index contributed by atoms with van der Waals surface area (Å²) >= 11 is 5.72. The average molecular weight is 379 g/mol. The zero-order valence-corrected chi connectivity index (χ0v) is 15.6. The molecular formula is C20H24ClFN2O2. The summed E-state index contributed by atoms with van der Waals surface area (Å²) in [6, 6.07) is 11.5. The summed E-state index contributed by atoms with van der Waals surface area (Å²) in [5.41, 5.74) is 1.25. The largest absolute Gasteiger partial charge is 0.494 e.